The van der Waals surface area contributed by atoms with E-state index in [1.54, 1.807) is 13.8 Å². The SMILES string of the molecule is CC(C)(C)CC(C)(C)C(=O)ON1C(=O)C2C3CCC(C3)C2C1=O. The summed E-state index contributed by atoms with van der Waals surface area (Å²) in [5, 5.41) is 0.784. The first-order chi connectivity index (χ1) is 10.5. The Balaban J connectivity index is 1.72. The fourth-order valence-corrected chi connectivity index (χ4v) is 5.08. The lowest BCUT2D eigenvalue weighted by atomic mass is 9.76. The zero-order chi connectivity index (χ0) is 17.2. The second-order valence-corrected chi connectivity index (χ2v) is 9.36. The Labute approximate surface area is 137 Å². The van der Waals surface area contributed by atoms with Crippen LogP contribution >= 0.6 is 0 Å². The molecule has 2 aliphatic carbocycles. The maximum absolute atomic E-state index is 12.6. The molecule has 5 nitrogen and oxygen atoms in total. The van der Waals surface area contributed by atoms with E-state index in [-0.39, 0.29) is 29.1 Å². The van der Waals surface area contributed by atoms with Crippen LogP contribution < -0.4 is 0 Å². The Morgan fingerprint density at radius 1 is 1.04 bits per heavy atom. The number of hydroxylamine groups is 2. The van der Waals surface area contributed by atoms with Crippen molar-refractivity contribution in [3.8, 4) is 0 Å². The largest absolute Gasteiger partial charge is 0.338 e. The number of fused-ring (bicyclic) bond motifs is 5. The van der Waals surface area contributed by atoms with E-state index < -0.39 is 11.4 Å². The maximum Gasteiger partial charge on any atom is 0.338 e. The first-order valence-electron chi connectivity index (χ1n) is 8.61. The molecule has 0 spiro atoms. The van der Waals surface area contributed by atoms with E-state index in [1.807, 2.05) is 0 Å². The number of rotatable bonds is 3. The molecule has 1 aliphatic heterocycles. The molecule has 2 amide bonds. The molecule has 4 unspecified atom stereocenters. The van der Waals surface area contributed by atoms with Gasteiger partial charge in [-0.2, -0.15) is 0 Å². The van der Waals surface area contributed by atoms with Gasteiger partial charge < -0.3 is 4.84 Å². The van der Waals surface area contributed by atoms with Crippen LogP contribution in [0.25, 0.3) is 0 Å². The minimum atomic E-state index is -0.741. The molecule has 0 N–H and O–H groups in total. The fraction of sp³-hybridized carbons (Fsp3) is 0.833. The smallest absolute Gasteiger partial charge is 0.330 e. The highest BCUT2D eigenvalue weighted by Gasteiger charge is 2.62. The van der Waals surface area contributed by atoms with Gasteiger partial charge in [-0.15, -0.1) is 5.06 Å². The topological polar surface area (TPSA) is 63.7 Å². The van der Waals surface area contributed by atoms with Gasteiger partial charge in [0.25, 0.3) is 11.8 Å². The molecule has 23 heavy (non-hydrogen) atoms. The van der Waals surface area contributed by atoms with Crippen LogP contribution in [0.2, 0.25) is 0 Å². The lowest BCUT2D eigenvalue weighted by Crippen LogP contribution is -2.40. The molecule has 2 bridgehead atoms. The first-order valence-corrected chi connectivity index (χ1v) is 8.61. The molecule has 1 saturated heterocycles. The lowest BCUT2D eigenvalue weighted by Gasteiger charge is -2.31. The highest BCUT2D eigenvalue weighted by Crippen LogP contribution is 2.56. The Kier molecular flexibility index (Phi) is 3.62. The van der Waals surface area contributed by atoms with Gasteiger partial charge in [0, 0.05) is 0 Å². The zero-order valence-electron chi connectivity index (χ0n) is 14.7. The third-order valence-electron chi connectivity index (χ3n) is 5.59. The number of hydrogen-bond acceptors (Lipinski definition) is 4. The summed E-state index contributed by atoms with van der Waals surface area (Å²) in [6.45, 7) is 9.76. The van der Waals surface area contributed by atoms with Gasteiger partial charge >= 0.3 is 5.97 Å². The minimum absolute atomic E-state index is 0.0445. The predicted molar refractivity (Wildman–Crippen MR) is 83.6 cm³/mol. The number of nitrogens with zero attached hydrogens (tertiary/aromatic N) is 1. The fourth-order valence-electron chi connectivity index (χ4n) is 5.08. The number of imide groups is 1. The van der Waals surface area contributed by atoms with E-state index in [2.05, 4.69) is 20.8 Å². The van der Waals surface area contributed by atoms with Crippen molar-refractivity contribution in [2.24, 2.45) is 34.5 Å². The first kappa shape index (κ1) is 16.5. The molecule has 128 valence electrons. The summed E-state index contributed by atoms with van der Waals surface area (Å²) >= 11 is 0. The number of hydrogen-bond donors (Lipinski definition) is 0. The van der Waals surface area contributed by atoms with Crippen molar-refractivity contribution < 1.29 is 19.2 Å². The van der Waals surface area contributed by atoms with Crippen LogP contribution in [0.1, 0.15) is 60.3 Å². The maximum atomic E-state index is 12.6. The molecule has 0 aromatic carbocycles. The predicted octanol–water partition coefficient (Wildman–Crippen LogP) is 2.94. The van der Waals surface area contributed by atoms with Crippen molar-refractivity contribution >= 4 is 17.8 Å². The molecule has 4 atom stereocenters. The number of carbonyl (C=O) groups excluding carboxylic acids is 3. The van der Waals surface area contributed by atoms with Crippen molar-refractivity contribution in [3.05, 3.63) is 0 Å². The van der Waals surface area contributed by atoms with Gasteiger partial charge in [-0.3, -0.25) is 9.59 Å². The summed E-state index contributed by atoms with van der Waals surface area (Å²) in [4.78, 5) is 42.9. The summed E-state index contributed by atoms with van der Waals surface area (Å²) in [5.41, 5.74) is -0.785. The van der Waals surface area contributed by atoms with Gasteiger partial charge in [0.05, 0.1) is 17.3 Å². The molecule has 3 aliphatic rings. The van der Waals surface area contributed by atoms with E-state index in [4.69, 9.17) is 4.84 Å². The highest BCUT2D eigenvalue weighted by molar-refractivity contribution is 6.05. The van der Waals surface area contributed by atoms with E-state index in [1.165, 1.54) is 0 Å². The number of carbonyl (C=O) groups is 3. The van der Waals surface area contributed by atoms with Crippen LogP contribution in [0.3, 0.4) is 0 Å². The molecular formula is C18H27NO4. The average Bonchev–Trinajstić information content (AvgIpc) is 3.05. The van der Waals surface area contributed by atoms with Crippen molar-refractivity contribution in [2.75, 3.05) is 0 Å². The second kappa shape index (κ2) is 5.05. The van der Waals surface area contributed by atoms with Crippen molar-refractivity contribution in [1.29, 1.82) is 0 Å². The molecule has 0 radical (unpaired) electrons. The average molecular weight is 321 g/mol. The molecule has 3 fully saturated rings. The Hall–Kier alpha value is -1.39. The van der Waals surface area contributed by atoms with Gasteiger partial charge in [0.2, 0.25) is 0 Å². The van der Waals surface area contributed by atoms with Gasteiger partial charge in [-0.05, 0) is 56.8 Å². The van der Waals surface area contributed by atoms with Crippen molar-refractivity contribution in [1.82, 2.24) is 5.06 Å². The molecule has 5 heteroatoms. The summed E-state index contributed by atoms with van der Waals surface area (Å²) in [5.74, 6) is -0.999. The van der Waals surface area contributed by atoms with E-state index in [0.29, 0.717) is 18.3 Å². The third-order valence-corrected chi connectivity index (χ3v) is 5.59. The van der Waals surface area contributed by atoms with Crippen LogP contribution in [0.15, 0.2) is 0 Å². The zero-order valence-corrected chi connectivity index (χ0v) is 14.7. The molecule has 3 rings (SSSR count). The third kappa shape index (κ3) is 2.68. The van der Waals surface area contributed by atoms with E-state index >= 15 is 0 Å². The van der Waals surface area contributed by atoms with Gasteiger partial charge in [0.15, 0.2) is 0 Å². The monoisotopic (exact) mass is 321 g/mol. The van der Waals surface area contributed by atoms with Crippen LogP contribution in [-0.4, -0.2) is 22.8 Å². The van der Waals surface area contributed by atoms with Crippen LogP contribution in [0, 0.1) is 34.5 Å². The summed E-state index contributed by atoms with van der Waals surface area (Å²) in [7, 11) is 0. The Morgan fingerprint density at radius 3 is 1.96 bits per heavy atom. The van der Waals surface area contributed by atoms with E-state index in [9.17, 15) is 14.4 Å². The van der Waals surface area contributed by atoms with Crippen molar-refractivity contribution in [3.63, 3.8) is 0 Å². The highest BCUT2D eigenvalue weighted by atomic mass is 16.7. The molecule has 1 heterocycles. The van der Waals surface area contributed by atoms with Crippen LogP contribution in [0.4, 0.5) is 0 Å². The summed E-state index contributed by atoms with van der Waals surface area (Å²) in [6, 6.07) is 0. The van der Waals surface area contributed by atoms with Gasteiger partial charge in [-0.1, -0.05) is 20.8 Å². The quantitative estimate of drug-likeness (QED) is 0.750. The van der Waals surface area contributed by atoms with E-state index in [0.717, 1.165) is 24.3 Å². The van der Waals surface area contributed by atoms with Gasteiger partial charge in [0.1, 0.15) is 0 Å². The minimum Gasteiger partial charge on any atom is -0.330 e. The standard InChI is InChI=1S/C18H27NO4/c1-17(2,3)9-18(4,5)16(22)23-19-14(20)12-10-6-7-11(8-10)13(12)15(19)21/h10-13H,6-9H2,1-5H3. The Morgan fingerprint density at radius 2 is 1.52 bits per heavy atom. The molecule has 0 aromatic heterocycles. The van der Waals surface area contributed by atoms with Crippen LogP contribution in [-0.2, 0) is 19.2 Å². The normalized spacial score (nSPS) is 33.3. The summed E-state index contributed by atoms with van der Waals surface area (Å²) in [6.07, 6.45) is 3.63. The number of amides is 2. The molecule has 0 aromatic rings. The molecular weight excluding hydrogens is 294 g/mol. The van der Waals surface area contributed by atoms with Crippen LogP contribution in [0.5, 0.6) is 0 Å². The second-order valence-electron chi connectivity index (χ2n) is 9.36. The van der Waals surface area contributed by atoms with Crippen molar-refractivity contribution in [2.45, 2.75) is 60.3 Å². The lowest BCUT2D eigenvalue weighted by molar-refractivity contribution is -0.206. The molecule has 2 saturated carbocycles. The summed E-state index contributed by atoms with van der Waals surface area (Å²) < 4.78 is 0. The Bertz CT molecular complexity index is 532. The van der Waals surface area contributed by atoms with Gasteiger partial charge in [-0.25, -0.2) is 4.79 Å².